The number of para-hydroxylation sites is 1. The molecule has 0 fully saturated rings. The molecule has 9 nitrogen and oxygen atoms in total. The number of hydrogen-bond donors (Lipinski definition) is 0. The number of aryl methyl sites for hydroxylation is 2. The second-order valence-electron chi connectivity index (χ2n) is 9.32. The van der Waals surface area contributed by atoms with Gasteiger partial charge in [-0.15, -0.1) is 5.10 Å². The van der Waals surface area contributed by atoms with Crippen molar-refractivity contribution < 1.29 is 9.53 Å². The van der Waals surface area contributed by atoms with Crippen molar-refractivity contribution in [3.05, 3.63) is 103 Å². The van der Waals surface area contributed by atoms with Gasteiger partial charge in [0.05, 0.1) is 43.3 Å². The Kier molecular flexibility index (Phi) is 6.17. The summed E-state index contributed by atoms with van der Waals surface area (Å²) in [5.74, 6) is 0.664. The third-order valence-electron chi connectivity index (χ3n) is 6.86. The molecule has 9 heteroatoms. The highest BCUT2D eigenvalue weighted by molar-refractivity contribution is 5.97. The highest BCUT2D eigenvalue weighted by Crippen LogP contribution is 2.34. The predicted molar refractivity (Wildman–Crippen MR) is 143 cm³/mol. The summed E-state index contributed by atoms with van der Waals surface area (Å²) in [5.41, 5.74) is 6.20. The van der Waals surface area contributed by atoms with E-state index in [4.69, 9.17) is 4.74 Å². The molecule has 0 saturated carbocycles. The van der Waals surface area contributed by atoms with E-state index < -0.39 is 6.04 Å². The number of anilines is 1. The van der Waals surface area contributed by atoms with Crippen molar-refractivity contribution >= 4 is 11.6 Å². The Hall–Kier alpha value is -4.79. The van der Waals surface area contributed by atoms with Crippen molar-refractivity contribution in [3.63, 3.8) is 0 Å². The molecule has 38 heavy (non-hydrogen) atoms. The van der Waals surface area contributed by atoms with E-state index in [0.29, 0.717) is 24.4 Å². The molecule has 0 N–H and O–H groups in total. The summed E-state index contributed by atoms with van der Waals surface area (Å²) < 4.78 is 9.28. The van der Waals surface area contributed by atoms with Crippen molar-refractivity contribution in [1.82, 2.24) is 29.5 Å². The molecule has 5 aromatic rings. The molecule has 3 aromatic heterocycles. The lowest BCUT2D eigenvalue weighted by Crippen LogP contribution is -2.36. The maximum atomic E-state index is 13.9. The first-order valence-electron chi connectivity index (χ1n) is 12.5. The average Bonchev–Trinajstić information content (AvgIpc) is 3.59. The number of hydrogen-bond acceptors (Lipinski definition) is 6. The summed E-state index contributed by atoms with van der Waals surface area (Å²) in [7, 11) is 1.64. The fourth-order valence-corrected chi connectivity index (χ4v) is 4.93. The van der Waals surface area contributed by atoms with Crippen LogP contribution in [0.15, 0.2) is 85.6 Å². The molecule has 6 rings (SSSR count). The molecule has 1 atom stereocenters. The van der Waals surface area contributed by atoms with Crippen LogP contribution in [0.3, 0.4) is 0 Å². The molecule has 0 radical (unpaired) electrons. The SMILES string of the molecule is COc1cc(-c2cn(C3CCc4ccccc4N(Cc4ccccn4)C3=O)nn2)ccc1-n1cnc(C)c1. The van der Waals surface area contributed by atoms with Crippen molar-refractivity contribution in [2.75, 3.05) is 12.0 Å². The predicted octanol–water partition coefficient (Wildman–Crippen LogP) is 4.56. The molecule has 0 saturated heterocycles. The molecule has 1 aliphatic rings. The van der Waals surface area contributed by atoms with E-state index in [1.54, 1.807) is 24.3 Å². The molecule has 0 spiro atoms. The van der Waals surface area contributed by atoms with Gasteiger partial charge in [0.15, 0.2) is 0 Å². The fraction of sp³-hybridized carbons (Fsp3) is 0.207. The molecular formula is C29H27N7O2. The molecule has 1 amide bonds. The molecule has 4 heterocycles. The summed E-state index contributed by atoms with van der Waals surface area (Å²) in [5, 5.41) is 8.82. The fourth-order valence-electron chi connectivity index (χ4n) is 4.93. The maximum absolute atomic E-state index is 13.9. The first kappa shape index (κ1) is 23.6. The smallest absolute Gasteiger partial charge is 0.252 e. The van der Waals surface area contributed by atoms with Crippen LogP contribution in [0.5, 0.6) is 5.75 Å². The number of carbonyl (C=O) groups is 1. The van der Waals surface area contributed by atoms with Gasteiger partial charge in [0.1, 0.15) is 17.5 Å². The number of carbonyl (C=O) groups excluding carboxylic acids is 1. The van der Waals surface area contributed by atoms with E-state index in [1.165, 1.54) is 0 Å². The summed E-state index contributed by atoms with van der Waals surface area (Å²) >= 11 is 0. The molecule has 190 valence electrons. The van der Waals surface area contributed by atoms with Crippen molar-refractivity contribution in [2.24, 2.45) is 0 Å². The van der Waals surface area contributed by atoms with Crippen molar-refractivity contribution in [3.8, 4) is 22.7 Å². The minimum Gasteiger partial charge on any atom is -0.495 e. The molecule has 1 unspecified atom stereocenters. The number of rotatable bonds is 6. The maximum Gasteiger partial charge on any atom is 0.252 e. The number of ether oxygens (including phenoxy) is 1. The van der Waals surface area contributed by atoms with Crippen LogP contribution in [0.2, 0.25) is 0 Å². The number of nitrogens with zero attached hydrogens (tertiary/aromatic N) is 7. The van der Waals surface area contributed by atoms with E-state index in [9.17, 15) is 4.79 Å². The van der Waals surface area contributed by atoms with Crippen LogP contribution in [-0.4, -0.2) is 42.5 Å². The Morgan fingerprint density at radius 3 is 2.66 bits per heavy atom. The van der Waals surface area contributed by atoms with Crippen LogP contribution >= 0.6 is 0 Å². The van der Waals surface area contributed by atoms with E-state index in [-0.39, 0.29) is 5.91 Å². The van der Waals surface area contributed by atoms with E-state index in [2.05, 4.69) is 26.3 Å². The lowest BCUT2D eigenvalue weighted by molar-refractivity contribution is -0.122. The Bertz CT molecular complexity index is 1590. The van der Waals surface area contributed by atoms with E-state index in [1.807, 2.05) is 83.4 Å². The molecule has 0 aliphatic carbocycles. The first-order valence-corrected chi connectivity index (χ1v) is 12.5. The molecule has 1 aliphatic heterocycles. The number of benzene rings is 2. The lowest BCUT2D eigenvalue weighted by atomic mass is 10.1. The lowest BCUT2D eigenvalue weighted by Gasteiger charge is -2.25. The van der Waals surface area contributed by atoms with Gasteiger partial charge in [-0.2, -0.15) is 0 Å². The van der Waals surface area contributed by atoms with Crippen LogP contribution in [0.1, 0.15) is 29.4 Å². The monoisotopic (exact) mass is 505 g/mol. The molecular weight excluding hydrogens is 478 g/mol. The number of amides is 1. The van der Waals surface area contributed by atoms with E-state index >= 15 is 0 Å². The van der Waals surface area contributed by atoms with Crippen molar-refractivity contribution in [1.29, 1.82) is 0 Å². The minimum atomic E-state index is -0.484. The quantitative estimate of drug-likeness (QED) is 0.336. The van der Waals surface area contributed by atoms with Crippen LogP contribution in [0, 0.1) is 6.92 Å². The van der Waals surface area contributed by atoms with Gasteiger partial charge in [-0.25, -0.2) is 9.67 Å². The second kappa shape index (κ2) is 9.93. The molecule has 2 aromatic carbocycles. The standard InChI is InChI=1S/C29H27N7O2/c1-20-16-34(19-31-20)26-12-11-22(15-28(26)38-2)24-18-36(33-32-24)27-13-10-21-7-3-4-9-25(21)35(29(27)37)17-23-8-5-6-14-30-23/h3-9,11-12,14-16,18-19,27H,10,13,17H2,1-2H3. The van der Waals surface area contributed by atoms with Gasteiger partial charge in [-0.3, -0.25) is 9.78 Å². The van der Waals surface area contributed by atoms with Gasteiger partial charge in [0, 0.05) is 23.6 Å². The van der Waals surface area contributed by atoms with Gasteiger partial charge in [0.2, 0.25) is 0 Å². The van der Waals surface area contributed by atoms with Crippen LogP contribution < -0.4 is 9.64 Å². The Labute approximate surface area is 220 Å². The highest BCUT2D eigenvalue weighted by Gasteiger charge is 2.32. The minimum absolute atomic E-state index is 0.0274. The van der Waals surface area contributed by atoms with Gasteiger partial charge in [0.25, 0.3) is 5.91 Å². The zero-order valence-electron chi connectivity index (χ0n) is 21.2. The average molecular weight is 506 g/mol. The third kappa shape index (κ3) is 4.43. The summed E-state index contributed by atoms with van der Waals surface area (Å²) in [6, 6.07) is 19.2. The summed E-state index contributed by atoms with van der Waals surface area (Å²) in [6.45, 7) is 2.33. The largest absolute Gasteiger partial charge is 0.495 e. The Morgan fingerprint density at radius 2 is 1.87 bits per heavy atom. The Morgan fingerprint density at radius 1 is 1.00 bits per heavy atom. The van der Waals surface area contributed by atoms with E-state index in [0.717, 1.165) is 40.3 Å². The Balaban J connectivity index is 1.31. The number of pyridine rings is 1. The zero-order valence-corrected chi connectivity index (χ0v) is 21.2. The summed E-state index contributed by atoms with van der Waals surface area (Å²) in [6.07, 6.45) is 8.67. The van der Waals surface area contributed by atoms with Gasteiger partial charge in [-0.1, -0.05) is 35.5 Å². The van der Waals surface area contributed by atoms with Crippen LogP contribution in [-0.2, 0) is 17.8 Å². The van der Waals surface area contributed by atoms with Crippen LogP contribution in [0.25, 0.3) is 16.9 Å². The van der Waals surface area contributed by atoms with Crippen molar-refractivity contribution in [2.45, 2.75) is 32.4 Å². The third-order valence-corrected chi connectivity index (χ3v) is 6.86. The number of aromatic nitrogens is 6. The summed E-state index contributed by atoms with van der Waals surface area (Å²) in [4.78, 5) is 24.5. The van der Waals surface area contributed by atoms with Gasteiger partial charge in [-0.05, 0) is 55.7 Å². The normalized spacial score (nSPS) is 15.3. The van der Waals surface area contributed by atoms with Gasteiger partial charge < -0.3 is 14.2 Å². The number of imidazole rings is 1. The number of methoxy groups -OCH3 is 1. The number of fused-ring (bicyclic) bond motifs is 1. The topological polar surface area (TPSA) is 91.0 Å². The zero-order chi connectivity index (χ0) is 26.1. The first-order chi connectivity index (χ1) is 18.6. The second-order valence-corrected chi connectivity index (χ2v) is 9.32. The van der Waals surface area contributed by atoms with Gasteiger partial charge >= 0.3 is 0 Å². The van der Waals surface area contributed by atoms with Crippen LogP contribution in [0.4, 0.5) is 5.69 Å². The highest BCUT2D eigenvalue weighted by atomic mass is 16.5. The molecule has 0 bridgehead atoms.